The van der Waals surface area contributed by atoms with E-state index in [1.807, 2.05) is 27.7 Å². The Morgan fingerprint density at radius 2 is 1.86 bits per heavy atom. The SMILES string of the molecule is CCN(CC)C(=O)NC(CO)C(C)C. The molecule has 4 heteroatoms. The Balaban J connectivity index is 4.13. The first kappa shape index (κ1) is 13.2. The summed E-state index contributed by atoms with van der Waals surface area (Å²) >= 11 is 0. The van der Waals surface area contributed by atoms with Crippen LogP contribution in [-0.2, 0) is 0 Å². The minimum absolute atomic E-state index is 0.00925. The predicted octanol–water partition coefficient (Wildman–Crippen LogP) is 1.05. The van der Waals surface area contributed by atoms with Crippen LogP contribution in [0.3, 0.4) is 0 Å². The van der Waals surface area contributed by atoms with Crippen LogP contribution < -0.4 is 5.32 Å². The summed E-state index contributed by atoms with van der Waals surface area (Å²) < 4.78 is 0. The minimum atomic E-state index is -0.150. The van der Waals surface area contributed by atoms with E-state index in [-0.39, 0.29) is 24.6 Å². The normalized spacial score (nSPS) is 12.7. The lowest BCUT2D eigenvalue weighted by atomic mass is 10.1. The molecule has 0 rings (SSSR count). The maximum atomic E-state index is 11.6. The van der Waals surface area contributed by atoms with Gasteiger partial charge < -0.3 is 15.3 Å². The Morgan fingerprint density at radius 1 is 1.36 bits per heavy atom. The minimum Gasteiger partial charge on any atom is -0.394 e. The maximum Gasteiger partial charge on any atom is 0.317 e. The van der Waals surface area contributed by atoms with E-state index in [1.54, 1.807) is 4.90 Å². The summed E-state index contributed by atoms with van der Waals surface area (Å²) in [6.45, 7) is 9.20. The van der Waals surface area contributed by atoms with Gasteiger partial charge in [0.25, 0.3) is 0 Å². The highest BCUT2D eigenvalue weighted by Gasteiger charge is 2.17. The van der Waals surface area contributed by atoms with Crippen molar-refractivity contribution in [2.45, 2.75) is 33.7 Å². The van der Waals surface area contributed by atoms with Crippen LogP contribution in [0.5, 0.6) is 0 Å². The molecule has 0 saturated carbocycles. The van der Waals surface area contributed by atoms with Crippen LogP contribution in [0.1, 0.15) is 27.7 Å². The molecule has 4 nitrogen and oxygen atoms in total. The molecule has 2 amide bonds. The van der Waals surface area contributed by atoms with Gasteiger partial charge in [-0.25, -0.2) is 4.79 Å². The second-order valence-electron chi connectivity index (χ2n) is 3.65. The summed E-state index contributed by atoms with van der Waals surface area (Å²) in [6, 6.07) is -0.245. The summed E-state index contributed by atoms with van der Waals surface area (Å²) in [5.74, 6) is 0.250. The third-order valence-corrected chi connectivity index (χ3v) is 2.36. The number of aliphatic hydroxyl groups is 1. The zero-order chi connectivity index (χ0) is 11.1. The summed E-state index contributed by atoms with van der Waals surface area (Å²) in [5, 5.41) is 11.8. The van der Waals surface area contributed by atoms with Crippen LogP contribution in [0.15, 0.2) is 0 Å². The number of carbonyl (C=O) groups is 1. The van der Waals surface area contributed by atoms with E-state index in [4.69, 9.17) is 5.11 Å². The fourth-order valence-electron chi connectivity index (χ4n) is 1.18. The third-order valence-electron chi connectivity index (χ3n) is 2.36. The molecule has 0 aromatic carbocycles. The van der Waals surface area contributed by atoms with Crippen LogP contribution >= 0.6 is 0 Å². The first-order valence-electron chi connectivity index (χ1n) is 5.23. The summed E-state index contributed by atoms with van der Waals surface area (Å²) in [7, 11) is 0. The molecule has 0 saturated heterocycles. The van der Waals surface area contributed by atoms with Crippen LogP contribution in [0.4, 0.5) is 4.79 Å². The summed E-state index contributed by atoms with van der Waals surface area (Å²) in [4.78, 5) is 13.3. The van der Waals surface area contributed by atoms with Crippen molar-refractivity contribution in [2.75, 3.05) is 19.7 Å². The Kier molecular flexibility index (Phi) is 6.28. The number of urea groups is 1. The van der Waals surface area contributed by atoms with Crippen molar-refractivity contribution in [1.29, 1.82) is 0 Å². The molecule has 0 spiro atoms. The molecule has 14 heavy (non-hydrogen) atoms. The lowest BCUT2D eigenvalue weighted by Gasteiger charge is -2.25. The van der Waals surface area contributed by atoms with Crippen LogP contribution in [0.2, 0.25) is 0 Å². The van der Waals surface area contributed by atoms with Crippen molar-refractivity contribution < 1.29 is 9.90 Å². The van der Waals surface area contributed by atoms with E-state index >= 15 is 0 Å². The van der Waals surface area contributed by atoms with Crippen molar-refractivity contribution in [3.8, 4) is 0 Å². The van der Waals surface area contributed by atoms with Gasteiger partial charge in [0.1, 0.15) is 0 Å². The van der Waals surface area contributed by atoms with Gasteiger partial charge in [0.15, 0.2) is 0 Å². The second kappa shape index (κ2) is 6.65. The molecule has 0 heterocycles. The lowest BCUT2D eigenvalue weighted by molar-refractivity contribution is 0.174. The maximum absolute atomic E-state index is 11.6. The summed E-state index contributed by atoms with van der Waals surface area (Å²) in [6.07, 6.45) is 0. The molecule has 0 aromatic rings. The van der Waals surface area contributed by atoms with Gasteiger partial charge in [-0.1, -0.05) is 13.8 Å². The van der Waals surface area contributed by atoms with Crippen molar-refractivity contribution in [3.63, 3.8) is 0 Å². The number of nitrogens with one attached hydrogen (secondary N) is 1. The number of carbonyl (C=O) groups excluding carboxylic acids is 1. The zero-order valence-electron chi connectivity index (χ0n) is 9.58. The fraction of sp³-hybridized carbons (Fsp3) is 0.900. The number of amides is 2. The van der Waals surface area contributed by atoms with Crippen molar-refractivity contribution in [3.05, 3.63) is 0 Å². The Hall–Kier alpha value is -0.770. The first-order chi connectivity index (χ1) is 6.56. The molecule has 0 aliphatic carbocycles. The highest BCUT2D eigenvalue weighted by Crippen LogP contribution is 2.01. The summed E-state index contributed by atoms with van der Waals surface area (Å²) in [5.41, 5.74) is 0. The van der Waals surface area contributed by atoms with Gasteiger partial charge in [-0.3, -0.25) is 0 Å². The Morgan fingerprint density at radius 3 is 2.14 bits per heavy atom. The molecule has 2 N–H and O–H groups in total. The molecule has 1 atom stereocenters. The second-order valence-corrected chi connectivity index (χ2v) is 3.65. The molecule has 84 valence electrons. The Bertz CT molecular complexity index is 168. The average Bonchev–Trinajstić information content (AvgIpc) is 2.15. The standard InChI is InChI=1S/C10H22N2O2/c1-5-12(6-2)10(14)11-9(7-13)8(3)4/h8-9,13H,5-7H2,1-4H3,(H,11,14). The van der Waals surface area contributed by atoms with Gasteiger partial charge in [0.05, 0.1) is 12.6 Å². The largest absolute Gasteiger partial charge is 0.394 e. The molecular weight excluding hydrogens is 180 g/mol. The van der Waals surface area contributed by atoms with E-state index < -0.39 is 0 Å². The third kappa shape index (κ3) is 3.96. The van der Waals surface area contributed by atoms with E-state index in [2.05, 4.69) is 5.32 Å². The monoisotopic (exact) mass is 202 g/mol. The van der Waals surface area contributed by atoms with Crippen molar-refractivity contribution in [2.24, 2.45) is 5.92 Å². The van der Waals surface area contributed by atoms with Crippen molar-refractivity contribution >= 4 is 6.03 Å². The number of rotatable bonds is 5. The van der Waals surface area contributed by atoms with E-state index in [9.17, 15) is 4.79 Å². The number of nitrogens with zero attached hydrogens (tertiary/aromatic N) is 1. The number of aliphatic hydroxyl groups excluding tert-OH is 1. The zero-order valence-corrected chi connectivity index (χ0v) is 9.58. The molecule has 0 bridgehead atoms. The fourth-order valence-corrected chi connectivity index (χ4v) is 1.18. The molecule has 0 fully saturated rings. The predicted molar refractivity (Wildman–Crippen MR) is 57.2 cm³/mol. The van der Waals surface area contributed by atoms with Gasteiger partial charge in [-0.2, -0.15) is 0 Å². The van der Waals surface area contributed by atoms with E-state index in [0.29, 0.717) is 13.1 Å². The van der Waals surface area contributed by atoms with Gasteiger partial charge in [0.2, 0.25) is 0 Å². The van der Waals surface area contributed by atoms with Gasteiger partial charge >= 0.3 is 6.03 Å². The van der Waals surface area contributed by atoms with Crippen LogP contribution in [-0.4, -0.2) is 41.8 Å². The van der Waals surface area contributed by atoms with E-state index in [0.717, 1.165) is 0 Å². The molecule has 0 aliphatic heterocycles. The smallest absolute Gasteiger partial charge is 0.317 e. The molecule has 0 aliphatic rings. The molecular formula is C10H22N2O2. The van der Waals surface area contributed by atoms with Gasteiger partial charge in [-0.15, -0.1) is 0 Å². The highest BCUT2D eigenvalue weighted by molar-refractivity contribution is 5.74. The number of hydrogen-bond donors (Lipinski definition) is 2. The highest BCUT2D eigenvalue weighted by atomic mass is 16.3. The first-order valence-corrected chi connectivity index (χ1v) is 5.23. The lowest BCUT2D eigenvalue weighted by Crippen LogP contribution is -2.48. The van der Waals surface area contributed by atoms with Crippen molar-refractivity contribution in [1.82, 2.24) is 10.2 Å². The molecule has 0 aromatic heterocycles. The molecule has 0 radical (unpaired) electrons. The van der Waals surface area contributed by atoms with Gasteiger partial charge in [-0.05, 0) is 19.8 Å². The Labute approximate surface area is 86.3 Å². The topological polar surface area (TPSA) is 52.6 Å². The van der Waals surface area contributed by atoms with Crippen LogP contribution in [0, 0.1) is 5.92 Å². The quantitative estimate of drug-likeness (QED) is 0.700. The average molecular weight is 202 g/mol. The molecule has 1 unspecified atom stereocenters. The number of hydrogen-bond acceptors (Lipinski definition) is 2. The van der Waals surface area contributed by atoms with Gasteiger partial charge in [0, 0.05) is 13.1 Å². The van der Waals surface area contributed by atoms with Crippen LogP contribution in [0.25, 0.3) is 0 Å². The van der Waals surface area contributed by atoms with E-state index in [1.165, 1.54) is 0 Å².